The molecule has 0 heterocycles. The Balaban J connectivity index is 3.31. The van der Waals surface area contributed by atoms with Gasteiger partial charge in [0, 0.05) is 14.5 Å². The van der Waals surface area contributed by atoms with E-state index in [4.69, 9.17) is 11.5 Å². The standard InChI is InChI=1S/C9H7Br2F5N2/c10-3-1-4(6(17)5(11)2-3)7(18)8(12,13)9(14,15)16/h1-2,7H,17-18H2/t7-/m1/s1. The third kappa shape index (κ3) is 2.77. The molecule has 0 aromatic heterocycles. The molecule has 102 valence electrons. The molecule has 0 radical (unpaired) electrons. The zero-order chi connectivity index (χ0) is 14.3. The molecule has 2 nitrogen and oxygen atoms in total. The van der Waals surface area contributed by atoms with Gasteiger partial charge < -0.3 is 11.5 Å². The number of alkyl halides is 5. The van der Waals surface area contributed by atoms with Crippen molar-refractivity contribution in [1.82, 2.24) is 0 Å². The molecule has 9 heteroatoms. The lowest BCUT2D eigenvalue weighted by molar-refractivity contribution is -0.290. The molecule has 4 N–H and O–H groups in total. The van der Waals surface area contributed by atoms with Crippen LogP contribution in [0.3, 0.4) is 0 Å². The zero-order valence-electron chi connectivity index (χ0n) is 8.53. The van der Waals surface area contributed by atoms with Crippen molar-refractivity contribution in [3.63, 3.8) is 0 Å². The lowest BCUT2D eigenvalue weighted by atomic mass is 9.99. The second-order valence-corrected chi connectivity index (χ2v) is 5.26. The van der Waals surface area contributed by atoms with E-state index < -0.39 is 23.7 Å². The molecule has 1 aromatic rings. The molecule has 0 fully saturated rings. The molecule has 0 aliphatic heterocycles. The lowest BCUT2D eigenvalue weighted by Crippen LogP contribution is -2.46. The summed E-state index contributed by atoms with van der Waals surface area (Å²) in [6, 6.07) is -0.131. The van der Waals surface area contributed by atoms with Crippen molar-refractivity contribution in [3.8, 4) is 0 Å². The summed E-state index contributed by atoms with van der Waals surface area (Å²) in [6.45, 7) is 0. The minimum absolute atomic E-state index is 0.181. The minimum atomic E-state index is -5.74. The molecule has 0 amide bonds. The fraction of sp³-hybridized carbons (Fsp3) is 0.333. The number of nitrogen functional groups attached to an aromatic ring is 1. The summed E-state index contributed by atoms with van der Waals surface area (Å²) < 4.78 is 63.3. The van der Waals surface area contributed by atoms with E-state index in [1.54, 1.807) is 0 Å². The molecule has 1 aromatic carbocycles. The van der Waals surface area contributed by atoms with Crippen molar-refractivity contribution in [3.05, 3.63) is 26.6 Å². The molecule has 0 bridgehead atoms. The Bertz CT molecular complexity index is 461. The third-order valence-corrected chi connectivity index (χ3v) is 3.34. The van der Waals surface area contributed by atoms with Gasteiger partial charge in [-0.2, -0.15) is 22.0 Å². The van der Waals surface area contributed by atoms with Crippen LogP contribution < -0.4 is 11.5 Å². The maximum absolute atomic E-state index is 13.1. The number of benzene rings is 1. The Morgan fingerprint density at radius 1 is 1.06 bits per heavy atom. The summed E-state index contributed by atoms with van der Waals surface area (Å²) in [5, 5.41) is 0. The van der Waals surface area contributed by atoms with Gasteiger partial charge in [0.25, 0.3) is 0 Å². The van der Waals surface area contributed by atoms with Crippen molar-refractivity contribution in [2.75, 3.05) is 5.73 Å². The normalized spacial score (nSPS) is 14.7. The first-order chi connectivity index (χ1) is 7.98. The average Bonchev–Trinajstić information content (AvgIpc) is 2.20. The average molecular weight is 398 g/mol. The van der Waals surface area contributed by atoms with E-state index >= 15 is 0 Å². The first kappa shape index (κ1) is 15.6. The fourth-order valence-corrected chi connectivity index (χ4v) is 2.49. The molecule has 0 spiro atoms. The van der Waals surface area contributed by atoms with Crippen molar-refractivity contribution >= 4 is 37.5 Å². The van der Waals surface area contributed by atoms with Gasteiger partial charge in [0.15, 0.2) is 0 Å². The van der Waals surface area contributed by atoms with Gasteiger partial charge in [0.1, 0.15) is 6.04 Å². The van der Waals surface area contributed by atoms with Gasteiger partial charge >= 0.3 is 12.1 Å². The molecular formula is C9H7Br2F5N2. The van der Waals surface area contributed by atoms with Gasteiger partial charge in [0.05, 0.1) is 5.69 Å². The summed E-state index contributed by atoms with van der Waals surface area (Å²) in [4.78, 5) is 0. The van der Waals surface area contributed by atoms with Crippen molar-refractivity contribution in [2.24, 2.45) is 5.73 Å². The zero-order valence-corrected chi connectivity index (χ0v) is 11.7. The number of nitrogens with two attached hydrogens (primary N) is 2. The minimum Gasteiger partial charge on any atom is -0.398 e. The monoisotopic (exact) mass is 396 g/mol. The van der Waals surface area contributed by atoms with Gasteiger partial charge in [-0.25, -0.2) is 0 Å². The topological polar surface area (TPSA) is 52.0 Å². The molecule has 0 aliphatic carbocycles. The summed E-state index contributed by atoms with van der Waals surface area (Å²) in [7, 11) is 0. The Morgan fingerprint density at radius 2 is 1.56 bits per heavy atom. The number of anilines is 1. The summed E-state index contributed by atoms with van der Waals surface area (Å²) in [5.74, 6) is -5.07. The number of hydrogen-bond acceptors (Lipinski definition) is 2. The molecule has 0 aliphatic rings. The second kappa shape index (κ2) is 4.93. The van der Waals surface area contributed by atoms with Crippen LogP contribution in [0.1, 0.15) is 11.6 Å². The Morgan fingerprint density at radius 3 is 2.00 bits per heavy atom. The molecule has 0 saturated heterocycles. The third-order valence-electron chi connectivity index (χ3n) is 2.23. The van der Waals surface area contributed by atoms with Gasteiger partial charge in [-0.05, 0) is 28.1 Å². The predicted molar refractivity (Wildman–Crippen MR) is 64.2 cm³/mol. The maximum atomic E-state index is 13.1. The second-order valence-electron chi connectivity index (χ2n) is 3.49. The van der Waals surface area contributed by atoms with Gasteiger partial charge in [0.2, 0.25) is 0 Å². The van der Waals surface area contributed by atoms with E-state index in [2.05, 4.69) is 31.9 Å². The first-order valence-electron chi connectivity index (χ1n) is 4.43. The summed E-state index contributed by atoms with van der Waals surface area (Å²) in [6.07, 6.45) is -5.74. The van der Waals surface area contributed by atoms with Crippen LogP contribution in [0.15, 0.2) is 21.1 Å². The highest BCUT2D eigenvalue weighted by Crippen LogP contribution is 2.45. The van der Waals surface area contributed by atoms with Crippen LogP contribution in [0.5, 0.6) is 0 Å². The highest BCUT2D eigenvalue weighted by Gasteiger charge is 2.62. The summed E-state index contributed by atoms with van der Waals surface area (Å²) >= 11 is 5.91. The Labute approximate surface area is 116 Å². The molecule has 1 rings (SSSR count). The van der Waals surface area contributed by atoms with E-state index in [1.807, 2.05) is 0 Å². The summed E-state index contributed by atoms with van der Waals surface area (Å²) in [5.41, 5.74) is 9.71. The van der Waals surface area contributed by atoms with Crippen LogP contribution in [-0.2, 0) is 0 Å². The van der Waals surface area contributed by atoms with Crippen LogP contribution in [0.2, 0.25) is 0 Å². The van der Waals surface area contributed by atoms with Crippen molar-refractivity contribution in [2.45, 2.75) is 18.1 Å². The molecule has 0 saturated carbocycles. The van der Waals surface area contributed by atoms with Crippen LogP contribution >= 0.6 is 31.9 Å². The smallest absolute Gasteiger partial charge is 0.398 e. The highest BCUT2D eigenvalue weighted by molar-refractivity contribution is 9.11. The van der Waals surface area contributed by atoms with Crippen LogP contribution in [0.25, 0.3) is 0 Å². The molecule has 0 unspecified atom stereocenters. The molecule has 18 heavy (non-hydrogen) atoms. The van der Waals surface area contributed by atoms with Gasteiger partial charge in [-0.1, -0.05) is 15.9 Å². The van der Waals surface area contributed by atoms with E-state index in [1.165, 1.54) is 6.07 Å². The van der Waals surface area contributed by atoms with E-state index in [-0.39, 0.29) is 14.6 Å². The quantitative estimate of drug-likeness (QED) is 0.585. The van der Waals surface area contributed by atoms with Crippen molar-refractivity contribution in [1.29, 1.82) is 0 Å². The number of hydrogen-bond donors (Lipinski definition) is 2. The fourth-order valence-electron chi connectivity index (χ4n) is 1.23. The Hall–Kier alpha value is -0.410. The van der Waals surface area contributed by atoms with Crippen LogP contribution in [0.4, 0.5) is 27.6 Å². The lowest BCUT2D eigenvalue weighted by Gasteiger charge is -2.27. The van der Waals surface area contributed by atoms with Gasteiger partial charge in [-0.3, -0.25) is 0 Å². The number of halogens is 7. The van der Waals surface area contributed by atoms with Crippen LogP contribution in [0, 0.1) is 0 Å². The predicted octanol–water partition coefficient (Wildman–Crippen LogP) is 3.99. The SMILES string of the molecule is Nc1c(Br)cc(Br)cc1[C@@H](N)C(F)(F)C(F)(F)F. The maximum Gasteiger partial charge on any atom is 0.455 e. The van der Waals surface area contributed by atoms with E-state index in [0.717, 1.165) is 6.07 Å². The van der Waals surface area contributed by atoms with E-state index in [0.29, 0.717) is 0 Å². The first-order valence-corrected chi connectivity index (χ1v) is 6.01. The van der Waals surface area contributed by atoms with E-state index in [9.17, 15) is 22.0 Å². The molecular weight excluding hydrogens is 391 g/mol. The Kier molecular flexibility index (Phi) is 4.29. The number of rotatable bonds is 2. The molecule has 1 atom stereocenters. The van der Waals surface area contributed by atoms with Crippen molar-refractivity contribution < 1.29 is 22.0 Å². The van der Waals surface area contributed by atoms with Crippen LogP contribution in [-0.4, -0.2) is 12.1 Å². The largest absolute Gasteiger partial charge is 0.455 e. The highest BCUT2D eigenvalue weighted by atomic mass is 79.9. The van der Waals surface area contributed by atoms with Gasteiger partial charge in [-0.15, -0.1) is 0 Å².